The van der Waals surface area contributed by atoms with Gasteiger partial charge in [0.1, 0.15) is 0 Å². The lowest BCUT2D eigenvalue weighted by atomic mass is 10.1. The Kier molecular flexibility index (Phi) is 7.55. The zero-order valence-electron chi connectivity index (χ0n) is 14.7. The van der Waals surface area contributed by atoms with Gasteiger partial charge < -0.3 is 20.3 Å². The molecule has 0 unspecified atom stereocenters. The maximum Gasteiger partial charge on any atom is 0.223 e. The van der Waals surface area contributed by atoms with E-state index in [-0.39, 0.29) is 5.91 Å². The molecule has 6 heteroatoms. The van der Waals surface area contributed by atoms with E-state index in [9.17, 15) is 4.79 Å². The standard InChI is InChI=1S/C18H28N4O2/c1-3-24-12-11-21-18(19-2)20-10-6-9-17(23)22-13-15-7-4-5-8-16(15)14-22/h4-5,7-8H,3,6,9-14H2,1-2H3,(H2,19,20,21). The number of amides is 1. The van der Waals surface area contributed by atoms with E-state index in [0.29, 0.717) is 13.0 Å². The van der Waals surface area contributed by atoms with E-state index >= 15 is 0 Å². The average molecular weight is 332 g/mol. The molecule has 2 N–H and O–H groups in total. The van der Waals surface area contributed by atoms with E-state index in [0.717, 1.165) is 45.2 Å². The molecule has 132 valence electrons. The Morgan fingerprint density at radius 1 is 1.21 bits per heavy atom. The Hall–Kier alpha value is -2.08. The fraction of sp³-hybridized carbons (Fsp3) is 0.556. The third kappa shape index (κ3) is 5.53. The molecule has 6 nitrogen and oxygen atoms in total. The van der Waals surface area contributed by atoms with Crippen LogP contribution < -0.4 is 10.6 Å². The number of rotatable bonds is 8. The van der Waals surface area contributed by atoms with Gasteiger partial charge in [-0.2, -0.15) is 0 Å². The second kappa shape index (κ2) is 9.93. The Labute approximate surface area is 144 Å². The molecule has 0 aliphatic carbocycles. The lowest BCUT2D eigenvalue weighted by Crippen LogP contribution is -2.39. The minimum atomic E-state index is 0.215. The van der Waals surface area contributed by atoms with Crippen molar-refractivity contribution >= 4 is 11.9 Å². The van der Waals surface area contributed by atoms with Gasteiger partial charge in [-0.1, -0.05) is 24.3 Å². The number of guanidine groups is 1. The normalized spacial score (nSPS) is 13.8. The zero-order valence-corrected chi connectivity index (χ0v) is 14.7. The van der Waals surface area contributed by atoms with Crippen molar-refractivity contribution in [3.8, 4) is 0 Å². The first-order valence-corrected chi connectivity index (χ1v) is 8.61. The van der Waals surface area contributed by atoms with E-state index < -0.39 is 0 Å². The summed E-state index contributed by atoms with van der Waals surface area (Å²) < 4.78 is 5.27. The largest absolute Gasteiger partial charge is 0.380 e. The molecule has 0 bridgehead atoms. The molecule has 0 aromatic heterocycles. The summed E-state index contributed by atoms with van der Waals surface area (Å²) in [5.74, 6) is 0.961. The van der Waals surface area contributed by atoms with Crippen LogP contribution in [0.5, 0.6) is 0 Å². The van der Waals surface area contributed by atoms with Crippen LogP contribution in [-0.4, -0.2) is 50.1 Å². The van der Waals surface area contributed by atoms with Crippen LogP contribution in [0.2, 0.25) is 0 Å². The van der Waals surface area contributed by atoms with E-state index in [1.165, 1.54) is 11.1 Å². The summed E-state index contributed by atoms with van der Waals surface area (Å²) in [4.78, 5) is 18.4. The highest BCUT2D eigenvalue weighted by molar-refractivity contribution is 5.80. The van der Waals surface area contributed by atoms with Crippen LogP contribution in [0.3, 0.4) is 0 Å². The Bertz CT molecular complexity index is 535. The number of fused-ring (bicyclic) bond motifs is 1. The number of ether oxygens (including phenoxy) is 1. The first-order chi connectivity index (χ1) is 11.7. The second-order valence-corrected chi connectivity index (χ2v) is 5.74. The molecule has 1 aromatic rings. The number of nitrogens with one attached hydrogen (secondary N) is 2. The monoisotopic (exact) mass is 332 g/mol. The number of nitrogens with zero attached hydrogens (tertiary/aromatic N) is 2. The van der Waals surface area contributed by atoms with Gasteiger partial charge in [0.2, 0.25) is 5.91 Å². The summed E-state index contributed by atoms with van der Waals surface area (Å²) in [7, 11) is 1.74. The highest BCUT2D eigenvalue weighted by Crippen LogP contribution is 2.22. The summed E-state index contributed by atoms with van der Waals surface area (Å²) >= 11 is 0. The fourth-order valence-electron chi connectivity index (χ4n) is 2.72. The smallest absolute Gasteiger partial charge is 0.223 e. The summed E-state index contributed by atoms with van der Waals surface area (Å²) in [6.45, 7) is 6.27. The molecule has 0 spiro atoms. The molecule has 1 heterocycles. The number of carbonyl (C=O) groups excluding carboxylic acids is 1. The van der Waals surface area contributed by atoms with Gasteiger partial charge in [0.15, 0.2) is 5.96 Å². The van der Waals surface area contributed by atoms with Gasteiger partial charge in [0, 0.05) is 46.3 Å². The van der Waals surface area contributed by atoms with Crippen molar-refractivity contribution in [1.82, 2.24) is 15.5 Å². The average Bonchev–Trinajstić information content (AvgIpc) is 3.04. The third-order valence-corrected chi connectivity index (χ3v) is 4.02. The summed E-state index contributed by atoms with van der Waals surface area (Å²) in [5, 5.41) is 6.40. The number of carbonyl (C=O) groups is 1. The van der Waals surface area contributed by atoms with Crippen LogP contribution in [0, 0.1) is 0 Å². The van der Waals surface area contributed by atoms with Gasteiger partial charge in [0.05, 0.1) is 6.61 Å². The number of aliphatic imine (C=N–C) groups is 1. The van der Waals surface area contributed by atoms with E-state index in [1.807, 2.05) is 24.0 Å². The predicted molar refractivity (Wildman–Crippen MR) is 95.8 cm³/mol. The summed E-state index contributed by atoms with van der Waals surface area (Å²) in [5.41, 5.74) is 2.53. The number of benzene rings is 1. The first kappa shape index (κ1) is 18.3. The SMILES string of the molecule is CCOCCNC(=NC)NCCCC(=O)N1Cc2ccccc2C1. The predicted octanol–water partition coefficient (Wildman–Crippen LogP) is 1.51. The molecular formula is C18H28N4O2. The van der Waals surface area contributed by atoms with Crippen molar-refractivity contribution in [2.75, 3.05) is 33.4 Å². The van der Waals surface area contributed by atoms with E-state index in [1.54, 1.807) is 7.05 Å². The minimum Gasteiger partial charge on any atom is -0.380 e. The van der Waals surface area contributed by atoms with Crippen molar-refractivity contribution in [3.63, 3.8) is 0 Å². The maximum absolute atomic E-state index is 12.3. The molecule has 0 fully saturated rings. The van der Waals surface area contributed by atoms with Crippen molar-refractivity contribution in [3.05, 3.63) is 35.4 Å². The molecule has 24 heavy (non-hydrogen) atoms. The van der Waals surface area contributed by atoms with Gasteiger partial charge >= 0.3 is 0 Å². The van der Waals surface area contributed by atoms with Gasteiger partial charge in [-0.3, -0.25) is 9.79 Å². The molecule has 1 amide bonds. The highest BCUT2D eigenvalue weighted by atomic mass is 16.5. The molecule has 1 aromatic carbocycles. The molecule has 1 aliphatic rings. The molecule has 0 atom stereocenters. The highest BCUT2D eigenvalue weighted by Gasteiger charge is 2.22. The van der Waals surface area contributed by atoms with Crippen molar-refractivity contribution in [2.24, 2.45) is 4.99 Å². The van der Waals surface area contributed by atoms with E-state index in [4.69, 9.17) is 4.74 Å². The van der Waals surface area contributed by atoms with Crippen LogP contribution in [-0.2, 0) is 22.6 Å². The summed E-state index contributed by atoms with van der Waals surface area (Å²) in [6, 6.07) is 8.26. The van der Waals surface area contributed by atoms with Crippen LogP contribution in [0.1, 0.15) is 30.9 Å². The van der Waals surface area contributed by atoms with Gasteiger partial charge in [-0.15, -0.1) is 0 Å². The van der Waals surface area contributed by atoms with Crippen LogP contribution in [0.15, 0.2) is 29.3 Å². The van der Waals surface area contributed by atoms with Crippen LogP contribution in [0.25, 0.3) is 0 Å². The Balaban J connectivity index is 1.61. The topological polar surface area (TPSA) is 66.0 Å². The molecular weight excluding hydrogens is 304 g/mol. The van der Waals surface area contributed by atoms with Gasteiger partial charge in [-0.25, -0.2) is 0 Å². The summed E-state index contributed by atoms with van der Waals surface area (Å²) in [6.07, 6.45) is 1.34. The van der Waals surface area contributed by atoms with E-state index in [2.05, 4.69) is 27.8 Å². The number of hydrogen-bond acceptors (Lipinski definition) is 3. The quantitative estimate of drug-likeness (QED) is 0.430. The Morgan fingerprint density at radius 3 is 2.50 bits per heavy atom. The third-order valence-electron chi connectivity index (χ3n) is 4.02. The molecule has 2 rings (SSSR count). The second-order valence-electron chi connectivity index (χ2n) is 5.74. The van der Waals surface area contributed by atoms with Crippen molar-refractivity contribution in [2.45, 2.75) is 32.9 Å². The first-order valence-electron chi connectivity index (χ1n) is 8.61. The fourth-order valence-corrected chi connectivity index (χ4v) is 2.72. The zero-order chi connectivity index (χ0) is 17.2. The molecule has 0 saturated heterocycles. The molecule has 1 aliphatic heterocycles. The molecule has 0 radical (unpaired) electrons. The van der Waals surface area contributed by atoms with Crippen molar-refractivity contribution in [1.29, 1.82) is 0 Å². The maximum atomic E-state index is 12.3. The van der Waals surface area contributed by atoms with Gasteiger partial charge in [-0.05, 0) is 24.5 Å². The van der Waals surface area contributed by atoms with Crippen molar-refractivity contribution < 1.29 is 9.53 Å². The van der Waals surface area contributed by atoms with Gasteiger partial charge in [0.25, 0.3) is 0 Å². The Morgan fingerprint density at radius 2 is 1.88 bits per heavy atom. The molecule has 0 saturated carbocycles. The number of hydrogen-bond donors (Lipinski definition) is 2. The van der Waals surface area contributed by atoms with Crippen LogP contribution in [0.4, 0.5) is 0 Å². The lowest BCUT2D eigenvalue weighted by Gasteiger charge is -2.16. The van der Waals surface area contributed by atoms with Crippen LogP contribution >= 0.6 is 0 Å². The minimum absolute atomic E-state index is 0.215. The lowest BCUT2D eigenvalue weighted by molar-refractivity contribution is -0.131.